The Morgan fingerprint density at radius 1 is 0.960 bits per heavy atom. The first kappa shape index (κ1) is 18.4. The molecule has 3 fully saturated rings. The molecule has 6 nitrogen and oxygen atoms in total. The molecule has 2 aliphatic carbocycles. The molecule has 0 aromatic rings. The molecule has 1 heterocycles. The fourth-order valence-electron chi connectivity index (χ4n) is 5.01. The van der Waals surface area contributed by atoms with Gasteiger partial charge in [-0.25, -0.2) is 0 Å². The lowest BCUT2D eigenvalue weighted by Crippen LogP contribution is -2.54. The topological polar surface area (TPSA) is 95.5 Å². The largest absolute Gasteiger partial charge is 0.481 e. The van der Waals surface area contributed by atoms with Crippen molar-refractivity contribution in [2.24, 2.45) is 17.8 Å². The molecule has 2 amide bonds. The number of carbonyl (C=O) groups excluding carboxylic acids is 2. The number of hydrogen-bond acceptors (Lipinski definition) is 4. The number of piperidine rings is 1. The highest BCUT2D eigenvalue weighted by molar-refractivity contribution is 6.00. The SMILES string of the molecule is O=C(O)CC1CCC(C2CCC(NC3CCC(=O)NC3=O)CC2)CC1. The monoisotopic (exact) mass is 350 g/mol. The average Bonchev–Trinajstić information content (AvgIpc) is 2.58. The molecule has 1 atom stereocenters. The Morgan fingerprint density at radius 2 is 1.56 bits per heavy atom. The van der Waals surface area contributed by atoms with Crippen molar-refractivity contribution in [3.05, 3.63) is 0 Å². The van der Waals surface area contributed by atoms with Gasteiger partial charge >= 0.3 is 5.97 Å². The Kier molecular flexibility index (Phi) is 6.10. The Morgan fingerprint density at radius 3 is 2.12 bits per heavy atom. The van der Waals surface area contributed by atoms with E-state index >= 15 is 0 Å². The third-order valence-corrected chi connectivity index (χ3v) is 6.47. The minimum atomic E-state index is -0.663. The predicted molar refractivity (Wildman–Crippen MR) is 92.8 cm³/mol. The molecule has 1 saturated heterocycles. The van der Waals surface area contributed by atoms with Gasteiger partial charge in [0.2, 0.25) is 11.8 Å². The van der Waals surface area contributed by atoms with E-state index in [1.54, 1.807) is 0 Å². The number of aliphatic carboxylic acids is 1. The first-order valence-corrected chi connectivity index (χ1v) is 9.82. The van der Waals surface area contributed by atoms with Gasteiger partial charge in [0, 0.05) is 18.9 Å². The average molecular weight is 350 g/mol. The van der Waals surface area contributed by atoms with Gasteiger partial charge in [-0.3, -0.25) is 19.7 Å². The van der Waals surface area contributed by atoms with Gasteiger partial charge in [-0.1, -0.05) is 0 Å². The summed E-state index contributed by atoms with van der Waals surface area (Å²) in [6, 6.07) is 0.161. The molecule has 2 saturated carbocycles. The third kappa shape index (κ3) is 5.03. The molecule has 1 aliphatic heterocycles. The zero-order chi connectivity index (χ0) is 17.8. The van der Waals surface area contributed by atoms with Crippen LogP contribution >= 0.6 is 0 Å². The second kappa shape index (κ2) is 8.30. The molecular formula is C19H30N2O4. The minimum Gasteiger partial charge on any atom is -0.481 e. The maximum Gasteiger partial charge on any atom is 0.303 e. The van der Waals surface area contributed by atoms with Crippen LogP contribution in [0.2, 0.25) is 0 Å². The summed E-state index contributed by atoms with van der Waals surface area (Å²) in [6.45, 7) is 0. The molecule has 0 radical (unpaired) electrons. The smallest absolute Gasteiger partial charge is 0.303 e. The molecule has 3 rings (SSSR count). The Labute approximate surface area is 149 Å². The molecule has 0 bridgehead atoms. The fraction of sp³-hybridized carbons (Fsp3) is 0.842. The maximum atomic E-state index is 11.9. The van der Waals surface area contributed by atoms with Crippen LogP contribution in [0, 0.1) is 17.8 Å². The summed E-state index contributed by atoms with van der Waals surface area (Å²) in [5, 5.41) is 14.8. The van der Waals surface area contributed by atoms with Crippen molar-refractivity contribution < 1.29 is 19.5 Å². The van der Waals surface area contributed by atoms with Gasteiger partial charge < -0.3 is 10.4 Å². The first-order chi connectivity index (χ1) is 12.0. The van der Waals surface area contributed by atoms with Crippen molar-refractivity contribution >= 4 is 17.8 Å². The van der Waals surface area contributed by atoms with E-state index in [1.807, 2.05) is 0 Å². The van der Waals surface area contributed by atoms with Crippen molar-refractivity contribution in [3.8, 4) is 0 Å². The first-order valence-electron chi connectivity index (χ1n) is 9.82. The van der Waals surface area contributed by atoms with E-state index in [2.05, 4.69) is 10.6 Å². The Hall–Kier alpha value is -1.43. The molecule has 25 heavy (non-hydrogen) atoms. The van der Waals surface area contributed by atoms with E-state index in [0.717, 1.165) is 37.5 Å². The Balaban J connectivity index is 1.38. The van der Waals surface area contributed by atoms with Crippen molar-refractivity contribution in [1.82, 2.24) is 10.6 Å². The van der Waals surface area contributed by atoms with Gasteiger partial charge in [-0.05, 0) is 75.5 Å². The quantitative estimate of drug-likeness (QED) is 0.661. The second-order valence-electron chi connectivity index (χ2n) is 8.16. The summed E-state index contributed by atoms with van der Waals surface area (Å²) < 4.78 is 0. The molecule has 0 aromatic heterocycles. The minimum absolute atomic E-state index is 0.162. The van der Waals surface area contributed by atoms with Crippen LogP contribution in [0.4, 0.5) is 0 Å². The van der Waals surface area contributed by atoms with Gasteiger partial charge in [0.15, 0.2) is 0 Å². The summed E-state index contributed by atoms with van der Waals surface area (Å²) in [6.07, 6.45) is 10.4. The molecular weight excluding hydrogens is 320 g/mol. The zero-order valence-corrected chi connectivity index (χ0v) is 14.8. The van der Waals surface area contributed by atoms with E-state index in [0.29, 0.717) is 31.2 Å². The van der Waals surface area contributed by atoms with Crippen LogP contribution in [0.25, 0.3) is 0 Å². The normalized spacial score (nSPS) is 36.7. The summed E-state index contributed by atoms with van der Waals surface area (Å²) in [5.74, 6) is 0.885. The highest BCUT2D eigenvalue weighted by Gasteiger charge is 2.33. The van der Waals surface area contributed by atoms with Crippen molar-refractivity contribution in [2.45, 2.75) is 82.7 Å². The van der Waals surface area contributed by atoms with Crippen LogP contribution in [-0.2, 0) is 14.4 Å². The summed E-state index contributed by atoms with van der Waals surface area (Å²) in [4.78, 5) is 33.9. The molecule has 1 unspecified atom stereocenters. The van der Waals surface area contributed by atoms with Crippen LogP contribution in [0.5, 0.6) is 0 Å². The van der Waals surface area contributed by atoms with Gasteiger partial charge in [0.1, 0.15) is 0 Å². The number of carbonyl (C=O) groups is 3. The summed E-state index contributed by atoms with van der Waals surface area (Å²) in [7, 11) is 0. The highest BCUT2D eigenvalue weighted by atomic mass is 16.4. The lowest BCUT2D eigenvalue weighted by Gasteiger charge is -2.38. The van der Waals surface area contributed by atoms with Crippen molar-refractivity contribution in [2.75, 3.05) is 0 Å². The van der Waals surface area contributed by atoms with E-state index in [4.69, 9.17) is 5.11 Å². The summed E-state index contributed by atoms with van der Waals surface area (Å²) >= 11 is 0. The highest BCUT2D eigenvalue weighted by Crippen LogP contribution is 2.40. The third-order valence-electron chi connectivity index (χ3n) is 6.47. The van der Waals surface area contributed by atoms with Crippen molar-refractivity contribution in [1.29, 1.82) is 0 Å². The number of hydrogen-bond donors (Lipinski definition) is 3. The van der Waals surface area contributed by atoms with Crippen LogP contribution in [-0.4, -0.2) is 35.0 Å². The van der Waals surface area contributed by atoms with Gasteiger partial charge in [0.05, 0.1) is 6.04 Å². The van der Waals surface area contributed by atoms with E-state index in [9.17, 15) is 14.4 Å². The zero-order valence-electron chi connectivity index (χ0n) is 14.8. The molecule has 3 N–H and O–H groups in total. The lowest BCUT2D eigenvalue weighted by molar-refractivity contribution is -0.138. The fourth-order valence-corrected chi connectivity index (χ4v) is 5.01. The van der Waals surface area contributed by atoms with E-state index in [-0.39, 0.29) is 17.9 Å². The molecule has 0 spiro atoms. The predicted octanol–water partition coefficient (Wildman–Crippen LogP) is 2.22. The maximum absolute atomic E-state index is 11.9. The second-order valence-corrected chi connectivity index (χ2v) is 8.16. The number of carboxylic acid groups (broad SMARTS) is 1. The van der Waals surface area contributed by atoms with Crippen LogP contribution in [0.3, 0.4) is 0 Å². The van der Waals surface area contributed by atoms with E-state index < -0.39 is 5.97 Å². The number of nitrogens with one attached hydrogen (secondary N) is 2. The standard InChI is InChI=1S/C19H30N2O4/c22-17-10-9-16(19(25)21-17)20-15-7-5-14(6-8-15)13-3-1-12(2-4-13)11-18(23)24/h12-16,20H,1-11H2,(H,23,24)(H,21,22,25). The Bertz CT molecular complexity index is 506. The molecule has 140 valence electrons. The van der Waals surface area contributed by atoms with Crippen LogP contribution < -0.4 is 10.6 Å². The molecule has 3 aliphatic rings. The van der Waals surface area contributed by atoms with E-state index in [1.165, 1.54) is 25.7 Å². The summed E-state index contributed by atoms with van der Waals surface area (Å²) in [5.41, 5.74) is 0. The number of rotatable bonds is 5. The van der Waals surface area contributed by atoms with Crippen molar-refractivity contribution in [3.63, 3.8) is 0 Å². The number of imide groups is 1. The number of carboxylic acids is 1. The molecule has 6 heteroatoms. The van der Waals surface area contributed by atoms with Gasteiger partial charge in [-0.2, -0.15) is 0 Å². The lowest BCUT2D eigenvalue weighted by atomic mass is 9.70. The van der Waals surface area contributed by atoms with Gasteiger partial charge in [-0.15, -0.1) is 0 Å². The van der Waals surface area contributed by atoms with Gasteiger partial charge in [0.25, 0.3) is 0 Å². The number of amides is 2. The molecule has 0 aromatic carbocycles. The van der Waals surface area contributed by atoms with Crippen LogP contribution in [0.1, 0.15) is 70.6 Å². The van der Waals surface area contributed by atoms with Crippen LogP contribution in [0.15, 0.2) is 0 Å².